The van der Waals surface area contributed by atoms with Gasteiger partial charge in [-0.05, 0) is 25.2 Å². The summed E-state index contributed by atoms with van der Waals surface area (Å²) in [7, 11) is 0. The van der Waals surface area contributed by atoms with Crippen LogP contribution in [0.4, 0.5) is 0 Å². The molecule has 0 aliphatic heterocycles. The summed E-state index contributed by atoms with van der Waals surface area (Å²) in [4.78, 5) is 15.2. The lowest BCUT2D eigenvalue weighted by molar-refractivity contribution is -0.119. The van der Waals surface area contributed by atoms with Gasteiger partial charge in [-0.1, -0.05) is 6.92 Å². The second kappa shape index (κ2) is 8.60. The van der Waals surface area contributed by atoms with Crippen molar-refractivity contribution in [2.24, 2.45) is 16.6 Å². The van der Waals surface area contributed by atoms with Crippen molar-refractivity contribution in [2.45, 2.75) is 26.2 Å². The third-order valence-electron chi connectivity index (χ3n) is 2.23. The van der Waals surface area contributed by atoms with Gasteiger partial charge >= 0.3 is 0 Å². The smallest absolute Gasteiger partial charge is 0.241 e. The van der Waals surface area contributed by atoms with Crippen LogP contribution in [0.1, 0.15) is 26.2 Å². The van der Waals surface area contributed by atoms with Crippen molar-refractivity contribution < 1.29 is 4.79 Å². The number of carbonyl (C=O) groups is 1. The molecule has 0 atom stereocenters. The predicted octanol–water partition coefficient (Wildman–Crippen LogP) is 0.445. The van der Waals surface area contributed by atoms with E-state index in [-0.39, 0.29) is 36.4 Å². The summed E-state index contributed by atoms with van der Waals surface area (Å²) in [6.45, 7) is 3.74. The molecule has 0 aromatic heterocycles. The van der Waals surface area contributed by atoms with Crippen molar-refractivity contribution >= 4 is 35.8 Å². The Hall–Kier alpha value is -0.530. The van der Waals surface area contributed by atoms with Gasteiger partial charge in [0.25, 0.3) is 0 Å². The average Bonchev–Trinajstić information content (AvgIpc) is 3.04. The van der Waals surface area contributed by atoms with Crippen LogP contribution >= 0.6 is 24.0 Å². The zero-order chi connectivity index (χ0) is 11.1. The molecule has 6 heteroatoms. The Morgan fingerprint density at radius 2 is 2.12 bits per heavy atom. The third-order valence-corrected chi connectivity index (χ3v) is 2.23. The first-order valence-corrected chi connectivity index (χ1v) is 5.53. The minimum Gasteiger partial charge on any atom is -0.370 e. The van der Waals surface area contributed by atoms with E-state index in [1.165, 1.54) is 12.8 Å². The maximum Gasteiger partial charge on any atom is 0.241 e. The van der Waals surface area contributed by atoms with Crippen LogP contribution in [-0.2, 0) is 4.79 Å². The molecule has 1 aliphatic carbocycles. The fourth-order valence-corrected chi connectivity index (χ4v) is 1.10. The highest BCUT2D eigenvalue weighted by molar-refractivity contribution is 14.0. The van der Waals surface area contributed by atoms with Gasteiger partial charge in [-0.15, -0.1) is 24.0 Å². The SMILES string of the molecule is CCCNC(N)=NCC(=O)NCC1CC1.I. The molecule has 1 fully saturated rings. The number of hydrogen-bond donors (Lipinski definition) is 3. The molecule has 0 heterocycles. The van der Waals surface area contributed by atoms with E-state index >= 15 is 0 Å². The van der Waals surface area contributed by atoms with Gasteiger partial charge in [0, 0.05) is 13.1 Å². The lowest BCUT2D eigenvalue weighted by Crippen LogP contribution is -2.34. The highest BCUT2D eigenvalue weighted by Gasteiger charge is 2.21. The van der Waals surface area contributed by atoms with Crippen LogP contribution in [0.15, 0.2) is 4.99 Å². The molecular weight excluding hydrogens is 319 g/mol. The minimum atomic E-state index is -0.0526. The van der Waals surface area contributed by atoms with E-state index in [1.807, 2.05) is 6.92 Å². The second-order valence-corrected chi connectivity index (χ2v) is 3.88. The second-order valence-electron chi connectivity index (χ2n) is 3.88. The predicted molar refractivity (Wildman–Crippen MR) is 75.9 cm³/mol. The van der Waals surface area contributed by atoms with Crippen LogP contribution in [0.3, 0.4) is 0 Å². The normalized spacial score (nSPS) is 15.2. The quantitative estimate of drug-likeness (QED) is 0.373. The standard InChI is InChI=1S/C10H20N4O.HI/c1-2-5-12-10(11)14-7-9(15)13-6-8-3-4-8;/h8H,2-7H2,1H3,(H,13,15)(H3,11,12,14);1H. The molecule has 4 N–H and O–H groups in total. The Bertz CT molecular complexity index is 241. The fourth-order valence-electron chi connectivity index (χ4n) is 1.10. The number of guanidine groups is 1. The van der Waals surface area contributed by atoms with Gasteiger partial charge in [0.05, 0.1) is 0 Å². The van der Waals surface area contributed by atoms with Crippen LogP contribution in [0, 0.1) is 5.92 Å². The Labute approximate surface area is 114 Å². The molecule has 0 bridgehead atoms. The van der Waals surface area contributed by atoms with E-state index in [0.29, 0.717) is 11.9 Å². The van der Waals surface area contributed by atoms with Gasteiger partial charge in [-0.3, -0.25) is 4.79 Å². The molecule has 0 aromatic carbocycles. The monoisotopic (exact) mass is 340 g/mol. The third kappa shape index (κ3) is 7.72. The molecule has 1 amide bonds. The zero-order valence-electron chi connectivity index (χ0n) is 9.66. The van der Waals surface area contributed by atoms with Crippen LogP contribution in [0.25, 0.3) is 0 Å². The van der Waals surface area contributed by atoms with E-state index in [9.17, 15) is 4.79 Å². The average molecular weight is 340 g/mol. The summed E-state index contributed by atoms with van der Waals surface area (Å²) in [6.07, 6.45) is 3.47. The maximum atomic E-state index is 11.3. The van der Waals surface area contributed by atoms with Crippen molar-refractivity contribution in [3.63, 3.8) is 0 Å². The first-order chi connectivity index (χ1) is 7.22. The Morgan fingerprint density at radius 3 is 2.69 bits per heavy atom. The Balaban J connectivity index is 0.00000225. The summed E-state index contributed by atoms with van der Waals surface area (Å²) < 4.78 is 0. The van der Waals surface area contributed by atoms with Crippen LogP contribution in [-0.4, -0.2) is 31.5 Å². The number of carbonyl (C=O) groups excluding carboxylic acids is 1. The van der Waals surface area contributed by atoms with Crippen molar-refractivity contribution in [2.75, 3.05) is 19.6 Å². The highest BCUT2D eigenvalue weighted by Crippen LogP contribution is 2.27. The number of nitrogens with two attached hydrogens (primary N) is 1. The van der Waals surface area contributed by atoms with Crippen LogP contribution < -0.4 is 16.4 Å². The van der Waals surface area contributed by atoms with E-state index in [1.54, 1.807) is 0 Å². The number of halogens is 1. The lowest BCUT2D eigenvalue weighted by Gasteiger charge is -2.04. The summed E-state index contributed by atoms with van der Waals surface area (Å²) in [6, 6.07) is 0. The number of amides is 1. The van der Waals surface area contributed by atoms with Gasteiger partial charge < -0.3 is 16.4 Å². The lowest BCUT2D eigenvalue weighted by atomic mass is 10.4. The molecule has 1 saturated carbocycles. The van der Waals surface area contributed by atoms with Crippen LogP contribution in [0.2, 0.25) is 0 Å². The molecule has 0 radical (unpaired) electrons. The molecule has 94 valence electrons. The first kappa shape index (κ1) is 15.5. The summed E-state index contributed by atoms with van der Waals surface area (Å²) >= 11 is 0. The molecule has 1 aliphatic rings. The number of nitrogens with one attached hydrogen (secondary N) is 2. The van der Waals surface area contributed by atoms with E-state index in [0.717, 1.165) is 19.5 Å². The Morgan fingerprint density at radius 1 is 1.44 bits per heavy atom. The minimum absolute atomic E-state index is 0. The van der Waals surface area contributed by atoms with Gasteiger partial charge in [0.1, 0.15) is 6.54 Å². The largest absolute Gasteiger partial charge is 0.370 e. The molecule has 5 nitrogen and oxygen atoms in total. The van der Waals surface area contributed by atoms with Crippen molar-refractivity contribution in [1.82, 2.24) is 10.6 Å². The summed E-state index contributed by atoms with van der Waals surface area (Å²) in [5, 5.41) is 5.74. The number of hydrogen-bond acceptors (Lipinski definition) is 2. The number of aliphatic imine (C=N–C) groups is 1. The van der Waals surface area contributed by atoms with E-state index in [4.69, 9.17) is 5.73 Å². The molecular formula is C10H21IN4O. The molecule has 0 spiro atoms. The highest BCUT2D eigenvalue weighted by atomic mass is 127. The van der Waals surface area contributed by atoms with Gasteiger partial charge in [-0.2, -0.15) is 0 Å². The molecule has 0 aromatic rings. The maximum absolute atomic E-state index is 11.3. The van der Waals surface area contributed by atoms with Gasteiger partial charge in [0.15, 0.2) is 5.96 Å². The van der Waals surface area contributed by atoms with E-state index < -0.39 is 0 Å². The Kier molecular flexibility index (Phi) is 8.32. The molecule has 0 saturated heterocycles. The first-order valence-electron chi connectivity index (χ1n) is 5.53. The molecule has 1 rings (SSSR count). The number of nitrogens with zero attached hydrogens (tertiary/aromatic N) is 1. The van der Waals surface area contributed by atoms with Gasteiger partial charge in [0.2, 0.25) is 5.91 Å². The summed E-state index contributed by atoms with van der Waals surface area (Å²) in [5.74, 6) is 0.995. The van der Waals surface area contributed by atoms with Crippen molar-refractivity contribution in [1.29, 1.82) is 0 Å². The fraction of sp³-hybridized carbons (Fsp3) is 0.800. The van der Waals surface area contributed by atoms with E-state index in [2.05, 4.69) is 15.6 Å². The van der Waals surface area contributed by atoms with Crippen LogP contribution in [0.5, 0.6) is 0 Å². The molecule has 0 unspecified atom stereocenters. The van der Waals surface area contributed by atoms with Crippen molar-refractivity contribution in [3.8, 4) is 0 Å². The zero-order valence-corrected chi connectivity index (χ0v) is 12.0. The number of rotatable bonds is 6. The molecule has 16 heavy (non-hydrogen) atoms. The topological polar surface area (TPSA) is 79.5 Å². The summed E-state index contributed by atoms with van der Waals surface area (Å²) in [5.41, 5.74) is 5.54. The van der Waals surface area contributed by atoms with Gasteiger partial charge in [-0.25, -0.2) is 4.99 Å². The van der Waals surface area contributed by atoms with Crippen molar-refractivity contribution in [3.05, 3.63) is 0 Å².